The summed E-state index contributed by atoms with van der Waals surface area (Å²) in [6.45, 7) is 5.69. The molecule has 0 atom stereocenters. The van der Waals surface area contributed by atoms with Gasteiger partial charge in [0.2, 0.25) is 5.95 Å². The van der Waals surface area contributed by atoms with Crippen molar-refractivity contribution in [2.45, 2.75) is 6.92 Å². The van der Waals surface area contributed by atoms with Crippen LogP contribution in [-0.4, -0.2) is 46.1 Å². The molecule has 10 nitrogen and oxygen atoms in total. The van der Waals surface area contributed by atoms with Gasteiger partial charge in [-0.3, -0.25) is 4.98 Å². The van der Waals surface area contributed by atoms with Crippen LogP contribution >= 0.6 is 0 Å². The fourth-order valence-electron chi connectivity index (χ4n) is 3.49. The van der Waals surface area contributed by atoms with Crippen LogP contribution in [0.25, 0.3) is 11.1 Å². The molecule has 5 rings (SSSR count). The van der Waals surface area contributed by atoms with Gasteiger partial charge in [-0.05, 0) is 31.2 Å². The number of hydrogen-bond acceptors (Lipinski definition) is 9. The summed E-state index contributed by atoms with van der Waals surface area (Å²) in [6, 6.07) is 9.27. The van der Waals surface area contributed by atoms with Gasteiger partial charge in [-0.25, -0.2) is 14.8 Å². The first kappa shape index (κ1) is 19.1. The van der Waals surface area contributed by atoms with Crippen LogP contribution in [0.3, 0.4) is 0 Å². The van der Waals surface area contributed by atoms with Gasteiger partial charge in [0.1, 0.15) is 11.6 Å². The van der Waals surface area contributed by atoms with Crippen molar-refractivity contribution in [3.8, 4) is 0 Å². The number of nitrogens with one attached hydrogen (secondary N) is 4. The van der Waals surface area contributed by atoms with Crippen LogP contribution in [0, 0.1) is 6.92 Å². The summed E-state index contributed by atoms with van der Waals surface area (Å²) in [4.78, 5) is 29.8. The van der Waals surface area contributed by atoms with Crippen LogP contribution in [-0.2, 0) is 0 Å². The van der Waals surface area contributed by atoms with Crippen molar-refractivity contribution in [3.63, 3.8) is 0 Å². The van der Waals surface area contributed by atoms with Gasteiger partial charge >= 0.3 is 5.76 Å². The van der Waals surface area contributed by atoms with Gasteiger partial charge in [-0.1, -0.05) is 0 Å². The van der Waals surface area contributed by atoms with E-state index in [-0.39, 0.29) is 0 Å². The number of aryl methyl sites for hydroxylation is 1. The van der Waals surface area contributed by atoms with Gasteiger partial charge in [0, 0.05) is 61.6 Å². The van der Waals surface area contributed by atoms with Crippen LogP contribution in [0.5, 0.6) is 0 Å². The second-order valence-electron chi connectivity index (χ2n) is 7.34. The number of aromatic amines is 1. The number of H-pyrrole nitrogens is 1. The Morgan fingerprint density at radius 1 is 1.06 bits per heavy atom. The average molecular weight is 418 g/mol. The molecule has 0 amide bonds. The third-order valence-corrected chi connectivity index (χ3v) is 5.10. The smallest absolute Gasteiger partial charge is 0.408 e. The van der Waals surface area contributed by atoms with E-state index in [0.29, 0.717) is 22.9 Å². The molecule has 4 N–H and O–H groups in total. The van der Waals surface area contributed by atoms with Crippen LogP contribution < -0.4 is 26.6 Å². The molecule has 0 radical (unpaired) electrons. The van der Waals surface area contributed by atoms with Crippen molar-refractivity contribution >= 4 is 40.1 Å². The summed E-state index contributed by atoms with van der Waals surface area (Å²) in [5.74, 6) is 1.59. The van der Waals surface area contributed by atoms with E-state index in [4.69, 9.17) is 4.42 Å². The van der Waals surface area contributed by atoms with Crippen molar-refractivity contribution in [1.29, 1.82) is 0 Å². The molecular weight excluding hydrogens is 396 g/mol. The molecule has 0 unspecified atom stereocenters. The number of fused-ring (bicyclic) bond motifs is 1. The van der Waals surface area contributed by atoms with E-state index in [1.807, 2.05) is 25.1 Å². The SMILES string of the molecule is Cc1cnc(Nc2ccnc(N3CCNCC3)c2)nc1Nc1ccc2oc(=O)[nH]c2c1. The summed E-state index contributed by atoms with van der Waals surface area (Å²) in [7, 11) is 0. The van der Waals surface area contributed by atoms with Crippen molar-refractivity contribution < 1.29 is 4.42 Å². The quantitative estimate of drug-likeness (QED) is 0.387. The minimum Gasteiger partial charge on any atom is -0.408 e. The number of benzene rings is 1. The lowest BCUT2D eigenvalue weighted by atomic mass is 10.2. The Labute approximate surface area is 177 Å². The molecule has 4 aromatic rings. The molecule has 1 saturated heterocycles. The molecule has 158 valence electrons. The summed E-state index contributed by atoms with van der Waals surface area (Å²) < 4.78 is 5.05. The van der Waals surface area contributed by atoms with Crippen LogP contribution in [0.2, 0.25) is 0 Å². The Bertz CT molecular complexity index is 1280. The molecule has 4 heterocycles. The van der Waals surface area contributed by atoms with Gasteiger partial charge in [-0.2, -0.15) is 4.98 Å². The number of oxazole rings is 1. The van der Waals surface area contributed by atoms with Crippen molar-refractivity contribution in [2.24, 2.45) is 0 Å². The third-order valence-electron chi connectivity index (χ3n) is 5.10. The number of rotatable bonds is 5. The Balaban J connectivity index is 1.36. The predicted octanol–water partition coefficient (Wildman–Crippen LogP) is 2.51. The van der Waals surface area contributed by atoms with Crippen LogP contribution in [0.4, 0.5) is 29.0 Å². The summed E-state index contributed by atoms with van der Waals surface area (Å²) in [5, 5.41) is 9.89. The molecule has 1 aliphatic rings. The van der Waals surface area contributed by atoms with Gasteiger partial charge in [0.15, 0.2) is 5.58 Å². The van der Waals surface area contributed by atoms with Crippen molar-refractivity contribution in [1.82, 2.24) is 25.3 Å². The molecule has 0 aliphatic carbocycles. The lowest BCUT2D eigenvalue weighted by molar-refractivity contribution is 0.555. The Morgan fingerprint density at radius 3 is 2.77 bits per heavy atom. The topological polar surface area (TPSA) is 124 Å². The number of anilines is 5. The summed E-state index contributed by atoms with van der Waals surface area (Å²) in [6.07, 6.45) is 3.54. The molecule has 0 spiro atoms. The highest BCUT2D eigenvalue weighted by Gasteiger charge is 2.13. The standard InChI is InChI=1S/C21H22N8O2/c1-13-12-24-20(26-15-4-5-23-18(11-15)29-8-6-22-7-9-29)28-19(13)25-14-2-3-17-16(10-14)27-21(30)31-17/h2-5,10-12,22H,6-9H2,1H3,(H,27,30)(H2,23,24,25,26,28). The maximum Gasteiger partial charge on any atom is 0.417 e. The zero-order valence-corrected chi connectivity index (χ0v) is 17.0. The van der Waals surface area contributed by atoms with E-state index < -0.39 is 5.76 Å². The third kappa shape index (κ3) is 4.19. The van der Waals surface area contributed by atoms with E-state index in [1.165, 1.54) is 0 Å². The highest BCUT2D eigenvalue weighted by Crippen LogP contribution is 2.24. The maximum atomic E-state index is 11.4. The van der Waals surface area contributed by atoms with E-state index in [2.05, 4.69) is 40.8 Å². The zero-order valence-electron chi connectivity index (χ0n) is 17.0. The van der Waals surface area contributed by atoms with E-state index in [9.17, 15) is 4.79 Å². The highest BCUT2D eigenvalue weighted by molar-refractivity contribution is 5.78. The maximum absolute atomic E-state index is 11.4. The van der Waals surface area contributed by atoms with Gasteiger partial charge in [0.25, 0.3) is 0 Å². The van der Waals surface area contributed by atoms with Crippen LogP contribution in [0.1, 0.15) is 5.56 Å². The van der Waals surface area contributed by atoms with E-state index >= 15 is 0 Å². The molecule has 0 bridgehead atoms. The number of piperazine rings is 1. The molecule has 3 aromatic heterocycles. The predicted molar refractivity (Wildman–Crippen MR) is 119 cm³/mol. The first-order chi connectivity index (χ1) is 15.1. The minimum atomic E-state index is -0.477. The monoisotopic (exact) mass is 418 g/mol. The molecule has 1 fully saturated rings. The Kier molecular flexibility index (Phi) is 4.97. The molecule has 1 aliphatic heterocycles. The molecule has 10 heteroatoms. The molecule has 0 saturated carbocycles. The molecular formula is C21H22N8O2. The minimum absolute atomic E-state index is 0.475. The van der Waals surface area contributed by atoms with Crippen LogP contribution in [0.15, 0.2) is 51.9 Å². The zero-order chi connectivity index (χ0) is 21.2. The number of aromatic nitrogens is 4. The molecule has 1 aromatic carbocycles. The number of pyridine rings is 1. The second kappa shape index (κ2) is 8.07. The highest BCUT2D eigenvalue weighted by atomic mass is 16.4. The van der Waals surface area contributed by atoms with Crippen molar-refractivity contribution in [2.75, 3.05) is 41.7 Å². The first-order valence-corrected chi connectivity index (χ1v) is 10.1. The number of nitrogens with zero attached hydrogens (tertiary/aromatic N) is 4. The first-order valence-electron chi connectivity index (χ1n) is 10.1. The summed E-state index contributed by atoms with van der Waals surface area (Å²) >= 11 is 0. The Hall–Kier alpha value is -3.92. The largest absolute Gasteiger partial charge is 0.417 e. The fourth-order valence-corrected chi connectivity index (χ4v) is 3.49. The molecule has 31 heavy (non-hydrogen) atoms. The number of hydrogen-bond donors (Lipinski definition) is 4. The fraction of sp³-hybridized carbons (Fsp3) is 0.238. The second-order valence-corrected chi connectivity index (χ2v) is 7.34. The van der Waals surface area contributed by atoms with Gasteiger partial charge in [-0.15, -0.1) is 0 Å². The van der Waals surface area contributed by atoms with Gasteiger partial charge < -0.3 is 25.3 Å². The summed E-state index contributed by atoms with van der Waals surface area (Å²) in [5.41, 5.74) is 3.67. The Morgan fingerprint density at radius 2 is 1.90 bits per heavy atom. The van der Waals surface area contributed by atoms with E-state index in [0.717, 1.165) is 48.9 Å². The van der Waals surface area contributed by atoms with Gasteiger partial charge in [0.05, 0.1) is 5.52 Å². The van der Waals surface area contributed by atoms with E-state index in [1.54, 1.807) is 24.5 Å². The normalized spacial score (nSPS) is 14.0. The average Bonchev–Trinajstić information content (AvgIpc) is 3.16. The lowest BCUT2D eigenvalue weighted by Gasteiger charge is -2.28. The van der Waals surface area contributed by atoms with Crippen molar-refractivity contribution in [3.05, 3.63) is 58.8 Å². The lowest BCUT2D eigenvalue weighted by Crippen LogP contribution is -2.43.